The summed E-state index contributed by atoms with van der Waals surface area (Å²) in [6, 6.07) is 3.30. The molecule has 6 nitrogen and oxygen atoms in total. The van der Waals surface area contributed by atoms with Crippen molar-refractivity contribution in [3.05, 3.63) is 58.4 Å². The average molecular weight is 395 g/mol. The number of amides is 1. The van der Waals surface area contributed by atoms with Gasteiger partial charge >= 0.3 is 0 Å². The van der Waals surface area contributed by atoms with Crippen LogP contribution in [0, 0.1) is 36.0 Å². The zero-order valence-corrected chi connectivity index (χ0v) is 13.6. The summed E-state index contributed by atoms with van der Waals surface area (Å²) in [6.45, 7) is 1.41. The number of hydrogen-bond acceptors (Lipinski definition) is 4. The number of carbonyl (C=O) groups excluding carboxylic acids is 1. The molecule has 12 heteroatoms. The van der Waals surface area contributed by atoms with Gasteiger partial charge in [-0.25, -0.2) is 35.5 Å². The first-order chi connectivity index (χ1) is 11.9. The topological polar surface area (TPSA) is 101 Å². The maximum atomic E-state index is 13.5. The molecular formula is C14H10F5N3O3S. The zero-order valence-electron chi connectivity index (χ0n) is 12.8. The van der Waals surface area contributed by atoms with Crippen molar-refractivity contribution >= 4 is 21.6 Å². The van der Waals surface area contributed by atoms with Gasteiger partial charge in [-0.15, -0.1) is 0 Å². The minimum Gasteiger partial charge on any atom is -0.293 e. The van der Waals surface area contributed by atoms with Crippen LogP contribution in [0.2, 0.25) is 0 Å². The van der Waals surface area contributed by atoms with Gasteiger partial charge in [0.25, 0.3) is 5.91 Å². The maximum absolute atomic E-state index is 13.5. The second-order valence-corrected chi connectivity index (χ2v) is 6.58. The van der Waals surface area contributed by atoms with Gasteiger partial charge in [0.05, 0.1) is 4.90 Å². The number of primary sulfonamides is 1. The molecule has 0 saturated heterocycles. The van der Waals surface area contributed by atoms with Crippen LogP contribution >= 0.6 is 0 Å². The Morgan fingerprint density at radius 3 is 1.96 bits per heavy atom. The summed E-state index contributed by atoms with van der Waals surface area (Å²) in [5.41, 5.74) is 1.75. The number of nitrogens with two attached hydrogens (primary N) is 1. The minimum absolute atomic E-state index is 0.233. The first-order valence-electron chi connectivity index (χ1n) is 6.66. The van der Waals surface area contributed by atoms with Crippen LogP contribution in [0.1, 0.15) is 15.9 Å². The molecule has 2 aromatic carbocycles. The SMILES string of the molecule is Cc1ccc(C(=O)NNc2c(F)c(F)c(F)c(F)c2F)cc1S(N)(=O)=O. The van der Waals surface area contributed by atoms with E-state index < -0.39 is 50.7 Å². The van der Waals surface area contributed by atoms with Crippen molar-refractivity contribution in [1.29, 1.82) is 0 Å². The van der Waals surface area contributed by atoms with Gasteiger partial charge in [-0.3, -0.25) is 15.6 Å². The Morgan fingerprint density at radius 2 is 1.46 bits per heavy atom. The van der Waals surface area contributed by atoms with E-state index in [1.807, 2.05) is 0 Å². The third kappa shape index (κ3) is 3.60. The maximum Gasteiger partial charge on any atom is 0.269 e. The molecule has 0 bridgehead atoms. The molecule has 0 saturated carbocycles. The van der Waals surface area contributed by atoms with Gasteiger partial charge in [-0.1, -0.05) is 6.07 Å². The van der Waals surface area contributed by atoms with Crippen LogP contribution in [0.5, 0.6) is 0 Å². The first-order valence-corrected chi connectivity index (χ1v) is 8.21. The third-order valence-corrected chi connectivity index (χ3v) is 4.32. The summed E-state index contributed by atoms with van der Waals surface area (Å²) in [5, 5.41) is 4.99. The lowest BCUT2D eigenvalue weighted by atomic mass is 10.1. The van der Waals surface area contributed by atoms with E-state index in [0.29, 0.717) is 0 Å². The fourth-order valence-corrected chi connectivity index (χ4v) is 2.76. The molecule has 2 aromatic rings. The number of halogens is 5. The van der Waals surface area contributed by atoms with E-state index >= 15 is 0 Å². The normalized spacial score (nSPS) is 11.3. The van der Waals surface area contributed by atoms with Gasteiger partial charge in [0.1, 0.15) is 5.69 Å². The van der Waals surface area contributed by atoms with E-state index in [4.69, 9.17) is 5.14 Å². The number of hydrogen-bond donors (Lipinski definition) is 3. The first kappa shape index (κ1) is 19.6. The van der Waals surface area contributed by atoms with Crippen molar-refractivity contribution in [1.82, 2.24) is 5.43 Å². The Morgan fingerprint density at radius 1 is 0.962 bits per heavy atom. The second kappa shape index (κ2) is 6.88. The lowest BCUT2D eigenvalue weighted by molar-refractivity contribution is 0.0962. The van der Waals surface area contributed by atoms with Gasteiger partial charge in [-0.2, -0.15) is 0 Å². The van der Waals surface area contributed by atoms with Crippen molar-refractivity contribution in [2.45, 2.75) is 11.8 Å². The lowest BCUT2D eigenvalue weighted by Gasteiger charge is -2.12. The molecular weight excluding hydrogens is 385 g/mol. The number of sulfonamides is 1. The molecule has 0 fully saturated rings. The van der Waals surface area contributed by atoms with E-state index in [2.05, 4.69) is 0 Å². The number of benzene rings is 2. The van der Waals surface area contributed by atoms with E-state index in [0.717, 1.165) is 6.07 Å². The Labute approximate surface area is 143 Å². The highest BCUT2D eigenvalue weighted by molar-refractivity contribution is 7.89. The molecule has 0 aromatic heterocycles. The molecule has 0 aliphatic rings. The van der Waals surface area contributed by atoms with Crippen LogP contribution in [0.4, 0.5) is 27.6 Å². The van der Waals surface area contributed by atoms with E-state index in [1.54, 1.807) is 10.9 Å². The van der Waals surface area contributed by atoms with Gasteiger partial charge in [0.2, 0.25) is 15.8 Å². The minimum atomic E-state index is -4.15. The fraction of sp³-hybridized carbons (Fsp3) is 0.0714. The number of nitrogens with one attached hydrogen (secondary N) is 2. The summed E-state index contributed by atoms with van der Waals surface area (Å²) in [6.07, 6.45) is 0. The van der Waals surface area contributed by atoms with E-state index in [1.165, 1.54) is 19.1 Å². The number of carbonyl (C=O) groups is 1. The highest BCUT2D eigenvalue weighted by atomic mass is 32.2. The predicted octanol–water partition coefficient (Wildman–Crippen LogP) is 2.09. The number of rotatable bonds is 4. The third-order valence-electron chi connectivity index (χ3n) is 3.27. The van der Waals surface area contributed by atoms with Gasteiger partial charge < -0.3 is 0 Å². The molecule has 1 amide bonds. The average Bonchev–Trinajstić information content (AvgIpc) is 2.57. The molecule has 26 heavy (non-hydrogen) atoms. The van der Waals surface area contributed by atoms with Crippen molar-refractivity contribution < 1.29 is 35.2 Å². The van der Waals surface area contributed by atoms with Gasteiger partial charge in [0.15, 0.2) is 23.3 Å². The monoisotopic (exact) mass is 395 g/mol. The molecule has 0 aliphatic carbocycles. The molecule has 0 unspecified atom stereocenters. The Kier molecular flexibility index (Phi) is 5.18. The van der Waals surface area contributed by atoms with Crippen LogP contribution < -0.4 is 16.0 Å². The fourth-order valence-electron chi connectivity index (χ4n) is 1.95. The molecule has 0 aliphatic heterocycles. The van der Waals surface area contributed by atoms with Crippen molar-refractivity contribution in [2.75, 3.05) is 5.43 Å². The molecule has 140 valence electrons. The number of hydrazine groups is 1. The van der Waals surface area contributed by atoms with E-state index in [9.17, 15) is 35.2 Å². The summed E-state index contributed by atoms with van der Waals surface area (Å²) in [5.74, 6) is -12.2. The molecule has 4 N–H and O–H groups in total. The van der Waals surface area contributed by atoms with Crippen LogP contribution in [0.15, 0.2) is 23.1 Å². The second-order valence-electron chi connectivity index (χ2n) is 5.05. The predicted molar refractivity (Wildman–Crippen MR) is 79.9 cm³/mol. The van der Waals surface area contributed by atoms with Crippen LogP contribution in [-0.2, 0) is 10.0 Å². The zero-order chi connectivity index (χ0) is 19.8. The van der Waals surface area contributed by atoms with Crippen molar-refractivity contribution in [3.8, 4) is 0 Å². The summed E-state index contributed by atoms with van der Waals surface area (Å²) >= 11 is 0. The standard InChI is InChI=1S/C14H10F5N3O3S/c1-5-2-3-6(4-7(5)26(20,24)25)14(23)22-21-13-11(18)9(16)8(15)10(17)12(13)19/h2-4,21H,1H3,(H,22,23)(H2,20,24,25). The summed E-state index contributed by atoms with van der Waals surface area (Å²) in [4.78, 5) is 11.6. The molecule has 0 heterocycles. The van der Waals surface area contributed by atoms with Crippen LogP contribution in [0.3, 0.4) is 0 Å². The van der Waals surface area contributed by atoms with Crippen molar-refractivity contribution in [2.24, 2.45) is 5.14 Å². The summed E-state index contributed by atoms with van der Waals surface area (Å²) in [7, 11) is -4.15. The molecule has 2 rings (SSSR count). The number of anilines is 1. The molecule has 0 spiro atoms. The number of aryl methyl sites for hydroxylation is 1. The van der Waals surface area contributed by atoms with E-state index in [-0.39, 0.29) is 16.0 Å². The Bertz CT molecular complexity index is 982. The quantitative estimate of drug-likeness (QED) is 0.319. The van der Waals surface area contributed by atoms with Crippen LogP contribution in [0.25, 0.3) is 0 Å². The largest absolute Gasteiger partial charge is 0.293 e. The van der Waals surface area contributed by atoms with Crippen LogP contribution in [-0.4, -0.2) is 14.3 Å². The molecule has 0 radical (unpaired) electrons. The summed E-state index contributed by atoms with van der Waals surface area (Å²) < 4.78 is 88.9. The van der Waals surface area contributed by atoms with Crippen molar-refractivity contribution in [3.63, 3.8) is 0 Å². The Balaban J connectivity index is 2.31. The van der Waals surface area contributed by atoms with Gasteiger partial charge in [0, 0.05) is 5.56 Å². The lowest BCUT2D eigenvalue weighted by Crippen LogP contribution is -2.31. The Hall–Kier alpha value is -2.73. The highest BCUT2D eigenvalue weighted by Crippen LogP contribution is 2.26. The smallest absolute Gasteiger partial charge is 0.269 e. The molecule has 0 atom stereocenters. The highest BCUT2D eigenvalue weighted by Gasteiger charge is 2.26. The van der Waals surface area contributed by atoms with Gasteiger partial charge in [-0.05, 0) is 24.6 Å².